The van der Waals surface area contributed by atoms with Crippen LogP contribution in [0.25, 0.3) is 22.3 Å². The molecule has 2 aromatic carbocycles. The summed E-state index contributed by atoms with van der Waals surface area (Å²) in [5, 5.41) is 0.467. The van der Waals surface area contributed by atoms with E-state index in [9.17, 15) is 4.79 Å². The van der Waals surface area contributed by atoms with E-state index < -0.39 is 0 Å². The van der Waals surface area contributed by atoms with Gasteiger partial charge in [-0.2, -0.15) is 0 Å². The first-order chi connectivity index (χ1) is 13.0. The van der Waals surface area contributed by atoms with Crippen molar-refractivity contribution in [3.63, 3.8) is 0 Å². The Labute approximate surface area is 156 Å². The molecule has 27 heavy (non-hydrogen) atoms. The second kappa shape index (κ2) is 6.68. The number of fused-ring (bicyclic) bond motifs is 1. The second-order valence-electron chi connectivity index (χ2n) is 6.49. The number of aromatic nitrogens is 2. The third-order valence-corrected chi connectivity index (χ3v) is 4.20. The minimum absolute atomic E-state index is 0.0873. The monoisotopic (exact) mass is 358 g/mol. The van der Waals surface area contributed by atoms with Gasteiger partial charge in [0.05, 0.1) is 5.39 Å². The molecule has 0 unspecified atom stereocenters. The van der Waals surface area contributed by atoms with Gasteiger partial charge in [-0.05, 0) is 39.0 Å². The normalized spacial score (nSPS) is 10.9. The zero-order chi connectivity index (χ0) is 19.0. The van der Waals surface area contributed by atoms with Gasteiger partial charge in [-0.25, -0.2) is 9.97 Å². The lowest BCUT2D eigenvalue weighted by molar-refractivity contribution is 0.421. The molecular weight excluding hydrogens is 340 g/mol. The first-order valence-electron chi connectivity index (χ1n) is 8.64. The molecule has 4 aromatic rings. The van der Waals surface area contributed by atoms with Gasteiger partial charge < -0.3 is 9.15 Å². The van der Waals surface area contributed by atoms with Crippen molar-refractivity contribution in [3.8, 4) is 23.1 Å². The van der Waals surface area contributed by atoms with Crippen molar-refractivity contribution in [2.75, 3.05) is 0 Å². The maximum Gasteiger partial charge on any atom is 0.322 e. The van der Waals surface area contributed by atoms with E-state index in [0.29, 0.717) is 16.7 Å². The van der Waals surface area contributed by atoms with Crippen molar-refractivity contribution in [3.05, 3.63) is 81.8 Å². The topological polar surface area (TPSA) is 65.2 Å². The van der Waals surface area contributed by atoms with Crippen LogP contribution < -0.4 is 10.2 Å². The molecule has 5 heteroatoms. The molecule has 0 N–H and O–H groups in total. The van der Waals surface area contributed by atoms with Gasteiger partial charge in [0.15, 0.2) is 5.76 Å². The molecule has 0 aliphatic rings. The summed E-state index contributed by atoms with van der Waals surface area (Å²) in [6, 6.07) is 16.9. The van der Waals surface area contributed by atoms with Crippen molar-refractivity contribution < 1.29 is 9.15 Å². The van der Waals surface area contributed by atoms with Crippen LogP contribution in [-0.4, -0.2) is 9.97 Å². The van der Waals surface area contributed by atoms with Crippen LogP contribution in [0.5, 0.6) is 11.8 Å². The van der Waals surface area contributed by atoms with Gasteiger partial charge in [-0.3, -0.25) is 4.79 Å². The number of hydrogen-bond acceptors (Lipinski definition) is 5. The van der Waals surface area contributed by atoms with Gasteiger partial charge in [0.25, 0.3) is 0 Å². The Bertz CT molecular complexity index is 1180. The summed E-state index contributed by atoms with van der Waals surface area (Å²) in [6.07, 6.45) is 0. The van der Waals surface area contributed by atoms with E-state index in [2.05, 4.69) is 9.97 Å². The lowest BCUT2D eigenvalue weighted by atomic mass is 10.1. The summed E-state index contributed by atoms with van der Waals surface area (Å²) in [7, 11) is 0. The molecule has 0 aliphatic carbocycles. The zero-order valence-corrected chi connectivity index (χ0v) is 15.3. The SMILES string of the molecule is Cc1ccc2oc(-c3ccccc3)c(Oc3nc(C)cc(C)n3)c(=O)c2c1. The molecule has 0 saturated heterocycles. The van der Waals surface area contributed by atoms with Crippen molar-refractivity contribution in [1.29, 1.82) is 0 Å². The fourth-order valence-electron chi connectivity index (χ4n) is 2.99. The van der Waals surface area contributed by atoms with Gasteiger partial charge in [0.2, 0.25) is 11.2 Å². The highest BCUT2D eigenvalue weighted by atomic mass is 16.5. The number of aryl methyl sites for hydroxylation is 3. The van der Waals surface area contributed by atoms with Gasteiger partial charge in [-0.1, -0.05) is 42.0 Å². The Hall–Kier alpha value is -3.47. The highest BCUT2D eigenvalue weighted by Gasteiger charge is 2.19. The van der Waals surface area contributed by atoms with Gasteiger partial charge in [-0.15, -0.1) is 0 Å². The maximum absolute atomic E-state index is 13.2. The Balaban J connectivity index is 1.98. The summed E-state index contributed by atoms with van der Waals surface area (Å²) in [5.74, 6) is 0.448. The number of nitrogens with zero attached hydrogens (tertiary/aromatic N) is 2. The highest BCUT2D eigenvalue weighted by Crippen LogP contribution is 2.33. The maximum atomic E-state index is 13.2. The van der Waals surface area contributed by atoms with E-state index in [4.69, 9.17) is 9.15 Å². The molecule has 5 nitrogen and oxygen atoms in total. The van der Waals surface area contributed by atoms with E-state index in [1.165, 1.54) is 0 Å². The predicted molar refractivity (Wildman–Crippen MR) is 104 cm³/mol. The van der Waals surface area contributed by atoms with E-state index in [-0.39, 0.29) is 17.2 Å². The molecule has 0 fully saturated rings. The molecule has 134 valence electrons. The van der Waals surface area contributed by atoms with Crippen LogP contribution in [0.2, 0.25) is 0 Å². The van der Waals surface area contributed by atoms with Crippen LogP contribution in [0, 0.1) is 20.8 Å². The number of ether oxygens (including phenoxy) is 1. The summed E-state index contributed by atoms with van der Waals surface area (Å²) in [5.41, 5.74) is 3.51. The minimum atomic E-state index is -0.249. The van der Waals surface area contributed by atoms with Crippen LogP contribution in [-0.2, 0) is 0 Å². The summed E-state index contributed by atoms with van der Waals surface area (Å²) in [4.78, 5) is 21.8. The molecule has 0 bridgehead atoms. The van der Waals surface area contributed by atoms with Crippen LogP contribution in [0.4, 0.5) is 0 Å². The average molecular weight is 358 g/mol. The molecule has 0 atom stereocenters. The molecule has 2 aromatic heterocycles. The van der Waals surface area contributed by atoms with E-state index >= 15 is 0 Å². The summed E-state index contributed by atoms with van der Waals surface area (Å²) in [6.45, 7) is 5.63. The molecular formula is C22H18N2O3. The van der Waals surface area contributed by atoms with Crippen LogP contribution >= 0.6 is 0 Å². The second-order valence-corrected chi connectivity index (χ2v) is 6.49. The smallest absolute Gasteiger partial charge is 0.322 e. The van der Waals surface area contributed by atoms with Crippen LogP contribution in [0.1, 0.15) is 17.0 Å². The standard InChI is InChI=1S/C22H18N2O3/c1-13-9-10-18-17(11-13)19(25)21(20(26-18)16-7-5-4-6-8-16)27-22-23-14(2)12-15(3)24-22/h4-12H,1-3H3. The fraction of sp³-hybridized carbons (Fsp3) is 0.136. The van der Waals surface area contributed by atoms with Crippen molar-refractivity contribution in [1.82, 2.24) is 9.97 Å². The van der Waals surface area contributed by atoms with E-state index in [0.717, 1.165) is 22.5 Å². The average Bonchev–Trinajstić information content (AvgIpc) is 2.64. The van der Waals surface area contributed by atoms with Crippen molar-refractivity contribution >= 4 is 11.0 Å². The molecule has 4 rings (SSSR count). The van der Waals surface area contributed by atoms with Gasteiger partial charge >= 0.3 is 6.01 Å². The molecule has 0 saturated carbocycles. The van der Waals surface area contributed by atoms with Crippen molar-refractivity contribution in [2.24, 2.45) is 0 Å². The first-order valence-corrected chi connectivity index (χ1v) is 8.64. The molecule has 0 spiro atoms. The molecule has 0 aliphatic heterocycles. The first kappa shape index (κ1) is 17.0. The van der Waals surface area contributed by atoms with E-state index in [1.807, 2.05) is 63.2 Å². The highest BCUT2D eigenvalue weighted by molar-refractivity contribution is 5.82. The largest absolute Gasteiger partial charge is 0.452 e. The molecule has 2 heterocycles. The predicted octanol–water partition coefficient (Wildman–Crippen LogP) is 4.97. The van der Waals surface area contributed by atoms with Gasteiger partial charge in [0, 0.05) is 17.0 Å². The lowest BCUT2D eigenvalue weighted by Gasteiger charge is -2.11. The Morgan fingerprint density at radius 2 is 1.59 bits per heavy atom. The third kappa shape index (κ3) is 3.31. The molecule has 0 amide bonds. The van der Waals surface area contributed by atoms with E-state index in [1.54, 1.807) is 12.1 Å². The molecule has 0 radical (unpaired) electrons. The Morgan fingerprint density at radius 1 is 0.889 bits per heavy atom. The fourth-order valence-corrected chi connectivity index (χ4v) is 2.99. The Morgan fingerprint density at radius 3 is 2.30 bits per heavy atom. The number of hydrogen-bond donors (Lipinski definition) is 0. The quantitative estimate of drug-likeness (QED) is 0.517. The van der Waals surface area contributed by atoms with Crippen LogP contribution in [0.15, 0.2) is 63.8 Å². The zero-order valence-electron chi connectivity index (χ0n) is 15.3. The van der Waals surface area contributed by atoms with Crippen LogP contribution in [0.3, 0.4) is 0 Å². The third-order valence-electron chi connectivity index (χ3n) is 4.20. The lowest BCUT2D eigenvalue weighted by Crippen LogP contribution is -2.09. The summed E-state index contributed by atoms with van der Waals surface area (Å²) >= 11 is 0. The number of rotatable bonds is 3. The van der Waals surface area contributed by atoms with Crippen molar-refractivity contribution in [2.45, 2.75) is 20.8 Å². The van der Waals surface area contributed by atoms with Gasteiger partial charge in [0.1, 0.15) is 5.58 Å². The summed E-state index contributed by atoms with van der Waals surface area (Å²) < 4.78 is 11.9. The number of benzene rings is 2. The minimum Gasteiger partial charge on any atom is -0.452 e. The Kier molecular flexibility index (Phi) is 4.20.